The van der Waals surface area contributed by atoms with Gasteiger partial charge in [0.2, 0.25) is 0 Å². The van der Waals surface area contributed by atoms with Crippen molar-refractivity contribution in [3.8, 4) is 0 Å². The van der Waals surface area contributed by atoms with E-state index in [9.17, 15) is 0 Å². The number of ether oxygens (including phenoxy) is 1. The normalized spacial score (nSPS) is 22.1. The highest BCUT2D eigenvalue weighted by Crippen LogP contribution is 2.34. The first-order valence-electron chi connectivity index (χ1n) is 8.24. The third-order valence-electron chi connectivity index (χ3n) is 4.28. The van der Waals surface area contributed by atoms with E-state index in [4.69, 9.17) is 19.1 Å². The first kappa shape index (κ1) is 14.5. The van der Waals surface area contributed by atoms with Gasteiger partial charge in [-0.1, -0.05) is 19.1 Å². The van der Waals surface area contributed by atoms with Gasteiger partial charge in [0, 0.05) is 24.9 Å². The lowest BCUT2D eigenvalue weighted by Gasteiger charge is -2.36. The summed E-state index contributed by atoms with van der Waals surface area (Å²) in [5, 5.41) is 1.05. The van der Waals surface area contributed by atoms with Gasteiger partial charge < -0.3 is 14.1 Å². The Kier molecular flexibility index (Phi) is 3.45. The Morgan fingerprint density at radius 2 is 1.87 bits per heavy atom. The van der Waals surface area contributed by atoms with Gasteiger partial charge in [0.05, 0.1) is 12.2 Å². The number of fused-ring (bicyclic) bond motifs is 3. The van der Waals surface area contributed by atoms with Gasteiger partial charge in [0.25, 0.3) is 0 Å². The molecule has 0 radical (unpaired) electrons. The number of aryl methyl sites for hydroxylation is 1. The molecule has 0 spiro atoms. The number of aromatic nitrogens is 2. The van der Waals surface area contributed by atoms with Crippen molar-refractivity contribution in [2.24, 2.45) is 0 Å². The van der Waals surface area contributed by atoms with Crippen LogP contribution >= 0.6 is 0 Å². The van der Waals surface area contributed by atoms with Crippen molar-refractivity contribution >= 4 is 27.9 Å². The van der Waals surface area contributed by atoms with Crippen LogP contribution in [0.1, 0.15) is 26.6 Å². The molecule has 1 saturated heterocycles. The van der Waals surface area contributed by atoms with E-state index >= 15 is 0 Å². The lowest BCUT2D eigenvalue weighted by molar-refractivity contribution is -0.00542. The van der Waals surface area contributed by atoms with E-state index in [-0.39, 0.29) is 12.2 Å². The SMILES string of the molecule is CCc1nc(N2C[C@@H](C)O[C@@H](C)C2)c2oc3ccccc3c2n1. The summed E-state index contributed by atoms with van der Waals surface area (Å²) < 4.78 is 11.9. The molecule has 0 aliphatic carbocycles. The Morgan fingerprint density at radius 3 is 2.61 bits per heavy atom. The van der Waals surface area contributed by atoms with Gasteiger partial charge in [0.1, 0.15) is 16.9 Å². The Hall–Kier alpha value is -2.14. The summed E-state index contributed by atoms with van der Waals surface area (Å²) in [4.78, 5) is 11.8. The van der Waals surface area contributed by atoms with Crippen LogP contribution in [0.2, 0.25) is 0 Å². The fraction of sp³-hybridized carbons (Fsp3) is 0.444. The summed E-state index contributed by atoms with van der Waals surface area (Å²) in [6.45, 7) is 7.91. The van der Waals surface area contributed by atoms with Crippen molar-refractivity contribution in [3.63, 3.8) is 0 Å². The molecule has 23 heavy (non-hydrogen) atoms. The van der Waals surface area contributed by atoms with E-state index in [0.717, 1.165) is 53.2 Å². The number of rotatable bonds is 2. The summed E-state index contributed by atoms with van der Waals surface area (Å²) >= 11 is 0. The van der Waals surface area contributed by atoms with Crippen LogP contribution in [-0.4, -0.2) is 35.3 Å². The lowest BCUT2D eigenvalue weighted by atomic mass is 10.2. The van der Waals surface area contributed by atoms with E-state index in [0.29, 0.717) is 0 Å². The number of hydrogen-bond donors (Lipinski definition) is 0. The number of furan rings is 1. The molecular formula is C18H21N3O2. The van der Waals surface area contributed by atoms with Gasteiger partial charge >= 0.3 is 0 Å². The molecule has 1 fully saturated rings. The highest BCUT2D eigenvalue weighted by Gasteiger charge is 2.27. The topological polar surface area (TPSA) is 51.4 Å². The minimum Gasteiger partial charge on any atom is -0.450 e. The fourth-order valence-corrected chi connectivity index (χ4v) is 3.34. The molecule has 5 nitrogen and oxygen atoms in total. The van der Waals surface area contributed by atoms with E-state index in [1.165, 1.54) is 0 Å². The molecule has 1 aromatic carbocycles. The molecule has 0 N–H and O–H groups in total. The largest absolute Gasteiger partial charge is 0.450 e. The van der Waals surface area contributed by atoms with Crippen molar-refractivity contribution in [1.82, 2.24) is 9.97 Å². The van der Waals surface area contributed by atoms with E-state index in [2.05, 4.69) is 31.7 Å². The van der Waals surface area contributed by atoms with Gasteiger partial charge in [-0.2, -0.15) is 0 Å². The average Bonchev–Trinajstić information content (AvgIpc) is 2.91. The zero-order chi connectivity index (χ0) is 16.0. The third kappa shape index (κ3) is 2.45. The number of hydrogen-bond acceptors (Lipinski definition) is 5. The van der Waals surface area contributed by atoms with Crippen LogP contribution in [0.4, 0.5) is 5.82 Å². The maximum atomic E-state index is 6.10. The predicted molar refractivity (Wildman–Crippen MR) is 90.9 cm³/mol. The molecule has 120 valence electrons. The summed E-state index contributed by atoms with van der Waals surface area (Å²) in [6.07, 6.45) is 1.16. The fourth-order valence-electron chi connectivity index (χ4n) is 3.34. The van der Waals surface area contributed by atoms with Crippen LogP contribution < -0.4 is 4.90 Å². The monoisotopic (exact) mass is 311 g/mol. The number of anilines is 1. The highest BCUT2D eigenvalue weighted by atomic mass is 16.5. The number of nitrogens with zero attached hydrogens (tertiary/aromatic N) is 3. The molecule has 5 heteroatoms. The third-order valence-corrected chi connectivity index (χ3v) is 4.28. The molecule has 0 saturated carbocycles. The summed E-state index contributed by atoms with van der Waals surface area (Å²) in [5.74, 6) is 1.75. The van der Waals surface area contributed by atoms with Crippen LogP contribution in [0.3, 0.4) is 0 Å². The van der Waals surface area contributed by atoms with Gasteiger partial charge in [-0.05, 0) is 26.0 Å². The van der Waals surface area contributed by atoms with Crippen LogP contribution in [0.5, 0.6) is 0 Å². The molecule has 1 aliphatic heterocycles. The molecule has 2 aromatic heterocycles. The smallest absolute Gasteiger partial charge is 0.196 e. The van der Waals surface area contributed by atoms with Crippen LogP contribution in [0.15, 0.2) is 28.7 Å². The minimum absolute atomic E-state index is 0.179. The van der Waals surface area contributed by atoms with Gasteiger partial charge in [-0.25, -0.2) is 9.97 Å². The molecule has 0 amide bonds. The Morgan fingerprint density at radius 1 is 1.13 bits per heavy atom. The summed E-state index contributed by atoms with van der Waals surface area (Å²) in [7, 11) is 0. The summed E-state index contributed by atoms with van der Waals surface area (Å²) in [6, 6.07) is 8.04. The van der Waals surface area contributed by atoms with Crippen molar-refractivity contribution < 1.29 is 9.15 Å². The maximum absolute atomic E-state index is 6.10. The number of morpholine rings is 1. The van der Waals surface area contributed by atoms with Crippen molar-refractivity contribution in [2.45, 2.75) is 39.4 Å². The molecule has 0 unspecified atom stereocenters. The Bertz CT molecular complexity index is 848. The van der Waals surface area contributed by atoms with Crippen molar-refractivity contribution in [3.05, 3.63) is 30.1 Å². The molecule has 3 heterocycles. The first-order valence-corrected chi connectivity index (χ1v) is 8.24. The van der Waals surface area contributed by atoms with Gasteiger partial charge in [-0.3, -0.25) is 0 Å². The van der Waals surface area contributed by atoms with Crippen LogP contribution in [0.25, 0.3) is 22.1 Å². The lowest BCUT2D eigenvalue weighted by Crippen LogP contribution is -2.46. The van der Waals surface area contributed by atoms with Gasteiger partial charge in [-0.15, -0.1) is 0 Å². The Balaban J connectivity index is 1.94. The minimum atomic E-state index is 0.179. The van der Waals surface area contributed by atoms with Gasteiger partial charge in [0.15, 0.2) is 11.4 Å². The second-order valence-electron chi connectivity index (χ2n) is 6.26. The van der Waals surface area contributed by atoms with E-state index in [1.807, 2.05) is 18.2 Å². The molecule has 2 atom stereocenters. The molecule has 4 rings (SSSR count). The molecular weight excluding hydrogens is 290 g/mol. The standard InChI is InChI=1S/C18H21N3O2/c1-4-15-19-16-13-7-5-6-8-14(13)23-17(16)18(20-15)21-9-11(2)22-12(3)10-21/h5-8,11-12H,4,9-10H2,1-3H3/t11-,12+. The first-order chi connectivity index (χ1) is 11.2. The predicted octanol–water partition coefficient (Wildman–Crippen LogP) is 3.55. The quantitative estimate of drug-likeness (QED) is 0.724. The summed E-state index contributed by atoms with van der Waals surface area (Å²) in [5.41, 5.74) is 2.56. The zero-order valence-corrected chi connectivity index (χ0v) is 13.7. The second kappa shape index (κ2) is 5.49. The maximum Gasteiger partial charge on any atom is 0.196 e. The van der Waals surface area contributed by atoms with Crippen molar-refractivity contribution in [1.29, 1.82) is 0 Å². The molecule has 0 bridgehead atoms. The highest BCUT2D eigenvalue weighted by molar-refractivity contribution is 6.05. The number of benzene rings is 1. The van der Waals surface area contributed by atoms with Crippen LogP contribution in [-0.2, 0) is 11.2 Å². The molecule has 1 aliphatic rings. The Labute approximate surface area is 135 Å². The molecule has 3 aromatic rings. The second-order valence-corrected chi connectivity index (χ2v) is 6.26. The van der Waals surface area contributed by atoms with Crippen molar-refractivity contribution in [2.75, 3.05) is 18.0 Å². The average molecular weight is 311 g/mol. The number of para-hydroxylation sites is 1. The van der Waals surface area contributed by atoms with Crippen LogP contribution in [0, 0.1) is 0 Å². The van der Waals surface area contributed by atoms with E-state index < -0.39 is 0 Å². The zero-order valence-electron chi connectivity index (χ0n) is 13.7. The van der Waals surface area contributed by atoms with E-state index in [1.54, 1.807) is 0 Å².